The maximum atomic E-state index is 4.78. The fraction of sp³-hybridized carbons (Fsp3) is 0.429. The smallest absolute Gasteiger partial charge is 0.191 e. The summed E-state index contributed by atoms with van der Waals surface area (Å²) in [6.07, 6.45) is 2.93. The summed E-state index contributed by atoms with van der Waals surface area (Å²) in [4.78, 5) is 13.6. The van der Waals surface area contributed by atoms with Crippen molar-refractivity contribution in [1.29, 1.82) is 0 Å². The lowest BCUT2D eigenvalue weighted by Gasteiger charge is -2.21. The number of aromatic nitrogens is 1. The number of hydrogen-bond acceptors (Lipinski definition) is 4. The summed E-state index contributed by atoms with van der Waals surface area (Å²) < 4.78 is 1.14. The molecule has 2 N–H and O–H groups in total. The topological polar surface area (TPSA) is 55.8 Å². The molecular formula is C21H30BrIN6. The largest absolute Gasteiger partial charge is 0.368 e. The second kappa shape index (κ2) is 11.6. The van der Waals surface area contributed by atoms with Crippen LogP contribution >= 0.6 is 39.9 Å². The predicted molar refractivity (Wildman–Crippen MR) is 137 cm³/mol. The van der Waals surface area contributed by atoms with E-state index in [1.54, 1.807) is 0 Å². The van der Waals surface area contributed by atoms with Crippen LogP contribution < -0.4 is 20.4 Å². The van der Waals surface area contributed by atoms with E-state index in [9.17, 15) is 0 Å². The molecule has 1 aliphatic rings. The molecule has 1 aliphatic heterocycles. The summed E-state index contributed by atoms with van der Waals surface area (Å²) in [5, 5.41) is 6.97. The lowest BCUT2D eigenvalue weighted by Crippen LogP contribution is -2.44. The molecule has 1 atom stereocenters. The Hall–Kier alpha value is -1.55. The van der Waals surface area contributed by atoms with Crippen LogP contribution in [0.1, 0.15) is 18.9 Å². The molecule has 1 unspecified atom stereocenters. The highest BCUT2D eigenvalue weighted by atomic mass is 127. The van der Waals surface area contributed by atoms with E-state index in [1.807, 2.05) is 31.3 Å². The highest BCUT2D eigenvalue weighted by Crippen LogP contribution is 2.28. The molecule has 0 radical (unpaired) electrons. The van der Waals surface area contributed by atoms with Crippen molar-refractivity contribution < 1.29 is 0 Å². The van der Waals surface area contributed by atoms with Gasteiger partial charge in [0.05, 0.1) is 12.2 Å². The number of aliphatic imine (C=N–C) groups is 1. The molecule has 1 saturated heterocycles. The minimum Gasteiger partial charge on any atom is -0.368 e. The second-order valence-electron chi connectivity index (χ2n) is 7.14. The average molecular weight is 573 g/mol. The third-order valence-electron chi connectivity index (χ3n) is 4.75. The molecule has 6 nitrogen and oxygen atoms in total. The van der Waals surface area contributed by atoms with E-state index >= 15 is 0 Å². The van der Waals surface area contributed by atoms with Crippen molar-refractivity contribution >= 4 is 57.4 Å². The molecular weight excluding hydrogens is 543 g/mol. The molecule has 3 rings (SSSR count). The average Bonchev–Trinajstić information content (AvgIpc) is 3.15. The molecule has 0 saturated carbocycles. The predicted octanol–water partition coefficient (Wildman–Crippen LogP) is 3.86. The van der Waals surface area contributed by atoms with Crippen LogP contribution in [0.2, 0.25) is 0 Å². The minimum absolute atomic E-state index is 0. The van der Waals surface area contributed by atoms with Crippen molar-refractivity contribution in [3.8, 4) is 0 Å². The van der Waals surface area contributed by atoms with Crippen molar-refractivity contribution in [2.24, 2.45) is 4.99 Å². The number of nitrogens with zero attached hydrogens (tertiary/aromatic N) is 4. The van der Waals surface area contributed by atoms with Gasteiger partial charge in [-0.1, -0.05) is 12.1 Å². The zero-order chi connectivity index (χ0) is 19.9. The maximum absolute atomic E-state index is 4.78. The van der Waals surface area contributed by atoms with Crippen LogP contribution in [0, 0.1) is 0 Å². The van der Waals surface area contributed by atoms with Crippen LogP contribution in [0.15, 0.2) is 52.1 Å². The summed E-state index contributed by atoms with van der Waals surface area (Å²) in [6.45, 7) is 5.56. The van der Waals surface area contributed by atoms with Gasteiger partial charge < -0.3 is 20.4 Å². The third-order valence-corrected chi connectivity index (χ3v) is 5.42. The van der Waals surface area contributed by atoms with Crippen LogP contribution in [0.5, 0.6) is 0 Å². The SMILES string of the molecule is CCNC(=NCc1ccnc(N(C)C)c1)NC1CCN(c2ccccc2Br)C1.I. The molecule has 0 spiro atoms. The van der Waals surface area contributed by atoms with Crippen LogP contribution in [0.3, 0.4) is 0 Å². The molecule has 1 aromatic carbocycles. The van der Waals surface area contributed by atoms with Gasteiger partial charge in [-0.3, -0.25) is 0 Å². The standard InChI is InChI=1S/C21H29BrN6.HI/c1-4-23-21(25-14-16-9-11-24-20(13-16)27(2)3)26-17-10-12-28(15-17)19-8-6-5-7-18(19)22;/h5-9,11,13,17H,4,10,12,14-15H2,1-3H3,(H2,23,25,26);1H. The van der Waals surface area contributed by atoms with E-state index in [0.717, 1.165) is 47.9 Å². The first kappa shape index (κ1) is 23.7. The Labute approximate surface area is 199 Å². The third kappa shape index (κ3) is 6.74. The first-order valence-electron chi connectivity index (χ1n) is 9.73. The Morgan fingerprint density at radius 3 is 2.83 bits per heavy atom. The Bertz CT molecular complexity index is 813. The highest BCUT2D eigenvalue weighted by Gasteiger charge is 2.24. The molecule has 29 heavy (non-hydrogen) atoms. The summed E-state index contributed by atoms with van der Waals surface area (Å²) in [5.41, 5.74) is 2.40. The molecule has 1 aromatic heterocycles. The van der Waals surface area contributed by atoms with Gasteiger partial charge in [0.2, 0.25) is 0 Å². The van der Waals surface area contributed by atoms with Gasteiger partial charge in [-0.15, -0.1) is 24.0 Å². The van der Waals surface area contributed by atoms with Gasteiger partial charge in [0.15, 0.2) is 5.96 Å². The lowest BCUT2D eigenvalue weighted by molar-refractivity contribution is 0.649. The minimum atomic E-state index is 0. The number of para-hydroxylation sites is 1. The van der Waals surface area contributed by atoms with Gasteiger partial charge in [0.1, 0.15) is 5.82 Å². The highest BCUT2D eigenvalue weighted by molar-refractivity contribution is 14.0. The van der Waals surface area contributed by atoms with Crippen molar-refractivity contribution in [3.63, 3.8) is 0 Å². The number of rotatable bonds is 6. The Balaban J connectivity index is 0.00000300. The van der Waals surface area contributed by atoms with E-state index in [2.05, 4.69) is 73.7 Å². The number of halogens is 2. The lowest BCUT2D eigenvalue weighted by atomic mass is 10.2. The number of guanidine groups is 1. The van der Waals surface area contributed by atoms with E-state index < -0.39 is 0 Å². The molecule has 0 bridgehead atoms. The van der Waals surface area contributed by atoms with Gasteiger partial charge in [-0.25, -0.2) is 9.98 Å². The first-order chi connectivity index (χ1) is 13.6. The Morgan fingerprint density at radius 1 is 1.31 bits per heavy atom. The number of anilines is 2. The van der Waals surface area contributed by atoms with Gasteiger partial charge in [0.25, 0.3) is 0 Å². The molecule has 0 aliphatic carbocycles. The zero-order valence-corrected chi connectivity index (χ0v) is 21.1. The van der Waals surface area contributed by atoms with Crippen molar-refractivity contribution in [3.05, 3.63) is 52.6 Å². The van der Waals surface area contributed by atoms with Gasteiger partial charge in [-0.05, 0) is 59.1 Å². The van der Waals surface area contributed by atoms with Gasteiger partial charge >= 0.3 is 0 Å². The first-order valence-corrected chi connectivity index (χ1v) is 10.5. The summed E-state index contributed by atoms with van der Waals surface area (Å²) >= 11 is 3.66. The van der Waals surface area contributed by atoms with E-state index in [-0.39, 0.29) is 24.0 Å². The Morgan fingerprint density at radius 2 is 2.10 bits per heavy atom. The summed E-state index contributed by atoms with van der Waals surface area (Å²) in [5.74, 6) is 1.82. The van der Waals surface area contributed by atoms with Crippen molar-refractivity contribution in [2.45, 2.75) is 25.9 Å². The summed E-state index contributed by atoms with van der Waals surface area (Å²) in [7, 11) is 4.00. The molecule has 8 heteroatoms. The van der Waals surface area contributed by atoms with Gasteiger partial charge in [0, 0.05) is 50.4 Å². The zero-order valence-electron chi connectivity index (χ0n) is 17.2. The molecule has 2 aromatic rings. The van der Waals surface area contributed by atoms with Gasteiger partial charge in [-0.2, -0.15) is 0 Å². The maximum Gasteiger partial charge on any atom is 0.191 e. The second-order valence-corrected chi connectivity index (χ2v) is 7.99. The normalized spacial score (nSPS) is 16.3. The van der Waals surface area contributed by atoms with E-state index in [4.69, 9.17) is 4.99 Å². The Kier molecular flexibility index (Phi) is 9.48. The fourth-order valence-electron chi connectivity index (χ4n) is 3.29. The molecule has 158 valence electrons. The van der Waals surface area contributed by atoms with Crippen LogP contribution in [-0.4, -0.2) is 50.7 Å². The number of hydrogen-bond donors (Lipinski definition) is 2. The van der Waals surface area contributed by atoms with E-state index in [1.165, 1.54) is 5.69 Å². The fourth-order valence-corrected chi connectivity index (χ4v) is 3.83. The number of pyridine rings is 1. The van der Waals surface area contributed by atoms with Crippen LogP contribution in [0.4, 0.5) is 11.5 Å². The quantitative estimate of drug-likeness (QED) is 0.313. The molecule has 1 fully saturated rings. The number of nitrogens with one attached hydrogen (secondary N) is 2. The van der Waals surface area contributed by atoms with Crippen molar-refractivity contribution in [1.82, 2.24) is 15.6 Å². The molecule has 2 heterocycles. The monoisotopic (exact) mass is 572 g/mol. The number of benzene rings is 1. The van der Waals surface area contributed by atoms with Crippen LogP contribution in [-0.2, 0) is 6.54 Å². The van der Waals surface area contributed by atoms with Crippen molar-refractivity contribution in [2.75, 3.05) is 43.5 Å². The van der Waals surface area contributed by atoms with E-state index in [0.29, 0.717) is 12.6 Å². The molecule has 0 amide bonds. The summed E-state index contributed by atoms with van der Waals surface area (Å²) in [6, 6.07) is 12.9. The van der Waals surface area contributed by atoms with Crippen LogP contribution in [0.25, 0.3) is 0 Å².